The number of hydrogen-bond acceptors (Lipinski definition) is 3. The highest BCUT2D eigenvalue weighted by molar-refractivity contribution is 7.98. The van der Waals surface area contributed by atoms with Crippen molar-refractivity contribution in [2.24, 2.45) is 0 Å². The van der Waals surface area contributed by atoms with Crippen LogP contribution in [0.5, 0.6) is 0 Å². The minimum Gasteiger partial charge on any atom is -0.298 e. The fraction of sp³-hybridized carbons (Fsp3) is 0.111. The largest absolute Gasteiger partial charge is 0.298 e. The zero-order valence-electron chi connectivity index (χ0n) is 13.1. The van der Waals surface area contributed by atoms with Crippen LogP contribution in [-0.2, 0) is 12.3 Å². The van der Waals surface area contributed by atoms with Gasteiger partial charge < -0.3 is 0 Å². The third kappa shape index (κ3) is 4.06. The first-order valence-corrected chi connectivity index (χ1v) is 9.20. The summed E-state index contributed by atoms with van der Waals surface area (Å²) in [6, 6.07) is 11.9. The van der Waals surface area contributed by atoms with E-state index >= 15 is 0 Å². The van der Waals surface area contributed by atoms with Crippen LogP contribution in [0.1, 0.15) is 5.56 Å². The van der Waals surface area contributed by atoms with Gasteiger partial charge in [-0.25, -0.2) is 4.39 Å². The fourth-order valence-corrected chi connectivity index (χ4v) is 3.80. The molecule has 0 bridgehead atoms. The Morgan fingerprint density at radius 1 is 1.12 bits per heavy atom. The molecule has 0 radical (unpaired) electrons. The highest BCUT2D eigenvalue weighted by atomic mass is 35.5. The molecule has 1 heterocycles. The summed E-state index contributed by atoms with van der Waals surface area (Å²) in [4.78, 5) is 0. The van der Waals surface area contributed by atoms with Crippen molar-refractivity contribution in [3.63, 3.8) is 0 Å². The Balaban J connectivity index is 1.89. The van der Waals surface area contributed by atoms with Crippen LogP contribution in [-0.4, -0.2) is 14.8 Å². The highest BCUT2D eigenvalue weighted by Gasteiger charge is 2.16. The molecular weight excluding hydrogens is 380 g/mol. The molecule has 0 amide bonds. The molecule has 0 aliphatic rings. The Morgan fingerprint density at radius 2 is 1.92 bits per heavy atom. The van der Waals surface area contributed by atoms with Gasteiger partial charge in [-0.05, 0) is 29.8 Å². The number of rotatable bonds is 6. The molecule has 0 saturated heterocycles. The number of aromatic nitrogens is 3. The van der Waals surface area contributed by atoms with E-state index in [4.69, 9.17) is 23.2 Å². The maximum Gasteiger partial charge on any atom is 0.192 e. The first-order chi connectivity index (χ1) is 12.1. The monoisotopic (exact) mass is 393 g/mol. The third-order valence-corrected chi connectivity index (χ3v) is 5.21. The molecule has 25 heavy (non-hydrogen) atoms. The van der Waals surface area contributed by atoms with Crippen molar-refractivity contribution in [3.05, 3.63) is 76.5 Å². The van der Waals surface area contributed by atoms with Crippen LogP contribution >= 0.6 is 35.0 Å². The van der Waals surface area contributed by atoms with E-state index < -0.39 is 0 Å². The van der Waals surface area contributed by atoms with Gasteiger partial charge in [-0.3, -0.25) is 4.57 Å². The molecule has 0 spiro atoms. The summed E-state index contributed by atoms with van der Waals surface area (Å²) in [6.07, 6.45) is 1.78. The molecule has 2 aromatic carbocycles. The van der Waals surface area contributed by atoms with Gasteiger partial charge in [0.15, 0.2) is 11.0 Å². The topological polar surface area (TPSA) is 30.7 Å². The standard InChI is InChI=1S/C18H14Cl2FN3S/c1-2-9-24-17(14-5-3-4-6-15(14)19)22-23-18(24)25-11-12-7-8-13(21)10-16(12)20/h2-8,10H,1,9,11H2. The minimum atomic E-state index is -0.352. The van der Waals surface area contributed by atoms with Crippen LogP contribution in [0.25, 0.3) is 11.4 Å². The second-order valence-electron chi connectivity index (χ2n) is 5.21. The van der Waals surface area contributed by atoms with Gasteiger partial charge in [0.25, 0.3) is 0 Å². The molecule has 0 fully saturated rings. The molecule has 128 valence electrons. The molecule has 0 N–H and O–H groups in total. The first-order valence-electron chi connectivity index (χ1n) is 7.46. The van der Waals surface area contributed by atoms with Crippen LogP contribution < -0.4 is 0 Å². The van der Waals surface area contributed by atoms with Crippen molar-refractivity contribution in [1.82, 2.24) is 14.8 Å². The van der Waals surface area contributed by atoms with Crippen molar-refractivity contribution >= 4 is 35.0 Å². The highest BCUT2D eigenvalue weighted by Crippen LogP contribution is 2.31. The average molecular weight is 394 g/mol. The van der Waals surface area contributed by atoms with Crippen LogP contribution in [0.2, 0.25) is 10.0 Å². The average Bonchev–Trinajstić information content (AvgIpc) is 2.98. The van der Waals surface area contributed by atoms with Gasteiger partial charge in [0.05, 0.1) is 5.02 Å². The van der Waals surface area contributed by atoms with E-state index in [9.17, 15) is 4.39 Å². The number of hydrogen-bond donors (Lipinski definition) is 0. The summed E-state index contributed by atoms with van der Waals surface area (Å²) < 4.78 is 15.1. The summed E-state index contributed by atoms with van der Waals surface area (Å²) in [5.41, 5.74) is 1.64. The fourth-order valence-electron chi connectivity index (χ4n) is 2.31. The molecule has 0 atom stereocenters. The molecular formula is C18H14Cl2FN3S. The first kappa shape index (κ1) is 18.0. The predicted octanol–water partition coefficient (Wildman–Crippen LogP) is 5.87. The van der Waals surface area contributed by atoms with Crippen LogP contribution in [0.4, 0.5) is 4.39 Å². The Hall–Kier alpha value is -1.82. The van der Waals surface area contributed by atoms with Crippen molar-refractivity contribution in [3.8, 4) is 11.4 Å². The molecule has 0 unspecified atom stereocenters. The van der Waals surface area contributed by atoms with E-state index in [1.54, 1.807) is 12.1 Å². The summed E-state index contributed by atoms with van der Waals surface area (Å²) in [5, 5.41) is 10.3. The lowest BCUT2D eigenvalue weighted by atomic mass is 10.2. The molecule has 0 aliphatic carbocycles. The van der Waals surface area contributed by atoms with Crippen LogP contribution in [0.15, 0.2) is 60.3 Å². The van der Waals surface area contributed by atoms with Crippen molar-refractivity contribution in [1.29, 1.82) is 0 Å². The van der Waals surface area contributed by atoms with Crippen LogP contribution in [0.3, 0.4) is 0 Å². The van der Waals surface area contributed by atoms with E-state index in [1.165, 1.54) is 23.9 Å². The quantitative estimate of drug-likeness (QED) is 0.387. The maximum atomic E-state index is 13.2. The second kappa shape index (κ2) is 8.04. The van der Waals surface area contributed by atoms with E-state index in [1.807, 2.05) is 28.8 Å². The van der Waals surface area contributed by atoms with Crippen molar-refractivity contribution in [2.75, 3.05) is 0 Å². The Bertz CT molecular complexity index is 911. The number of thioether (sulfide) groups is 1. The minimum absolute atomic E-state index is 0.352. The molecule has 0 saturated carbocycles. The molecule has 3 nitrogen and oxygen atoms in total. The Labute approximate surface area is 159 Å². The summed E-state index contributed by atoms with van der Waals surface area (Å²) in [6.45, 7) is 4.34. The van der Waals surface area contributed by atoms with Gasteiger partial charge in [0.1, 0.15) is 5.82 Å². The number of halogens is 3. The lowest BCUT2D eigenvalue weighted by Crippen LogP contribution is -2.01. The maximum absolute atomic E-state index is 13.2. The smallest absolute Gasteiger partial charge is 0.192 e. The number of allylic oxidation sites excluding steroid dienone is 1. The van der Waals surface area contributed by atoms with Crippen LogP contribution in [0, 0.1) is 5.82 Å². The second-order valence-corrected chi connectivity index (χ2v) is 6.97. The van der Waals surface area contributed by atoms with E-state index in [0.29, 0.717) is 28.2 Å². The van der Waals surface area contributed by atoms with Crippen molar-refractivity contribution < 1.29 is 4.39 Å². The van der Waals surface area contributed by atoms with E-state index in [0.717, 1.165) is 16.3 Å². The lowest BCUT2D eigenvalue weighted by Gasteiger charge is -2.09. The summed E-state index contributed by atoms with van der Waals surface area (Å²) in [7, 11) is 0. The predicted molar refractivity (Wildman–Crippen MR) is 102 cm³/mol. The van der Waals surface area contributed by atoms with Crippen molar-refractivity contribution in [2.45, 2.75) is 17.5 Å². The lowest BCUT2D eigenvalue weighted by molar-refractivity contribution is 0.627. The summed E-state index contributed by atoms with van der Waals surface area (Å²) >= 11 is 13.8. The van der Waals surface area contributed by atoms with E-state index in [2.05, 4.69) is 16.8 Å². The Kier molecular flexibility index (Phi) is 5.78. The SMILES string of the molecule is C=CCn1c(SCc2ccc(F)cc2Cl)nnc1-c1ccccc1Cl. The van der Waals surface area contributed by atoms with Gasteiger partial charge >= 0.3 is 0 Å². The van der Waals surface area contributed by atoms with E-state index in [-0.39, 0.29) is 5.82 Å². The van der Waals surface area contributed by atoms with Gasteiger partial charge in [-0.1, -0.05) is 59.2 Å². The van der Waals surface area contributed by atoms with Gasteiger partial charge in [0, 0.05) is 22.9 Å². The molecule has 3 rings (SSSR count). The number of nitrogens with zero attached hydrogens (tertiary/aromatic N) is 3. The van der Waals surface area contributed by atoms with Gasteiger partial charge in [-0.15, -0.1) is 16.8 Å². The summed E-state index contributed by atoms with van der Waals surface area (Å²) in [5.74, 6) is 0.879. The zero-order valence-corrected chi connectivity index (χ0v) is 15.5. The molecule has 1 aromatic heterocycles. The Morgan fingerprint density at radius 3 is 2.64 bits per heavy atom. The van der Waals surface area contributed by atoms with Gasteiger partial charge in [-0.2, -0.15) is 0 Å². The third-order valence-electron chi connectivity index (χ3n) is 3.52. The normalized spacial score (nSPS) is 10.8. The number of benzene rings is 2. The molecule has 0 aliphatic heterocycles. The van der Waals surface area contributed by atoms with Gasteiger partial charge in [0.2, 0.25) is 0 Å². The zero-order chi connectivity index (χ0) is 17.8. The molecule has 3 aromatic rings. The molecule has 7 heteroatoms.